The summed E-state index contributed by atoms with van der Waals surface area (Å²) < 4.78 is 10.8. The van der Waals surface area contributed by atoms with Gasteiger partial charge in [-0.2, -0.15) is 0 Å². The van der Waals surface area contributed by atoms with Crippen LogP contribution in [0, 0.1) is 0 Å². The van der Waals surface area contributed by atoms with Crippen molar-refractivity contribution in [2.24, 2.45) is 0 Å². The highest BCUT2D eigenvalue weighted by atomic mass is 16.5. The molecule has 1 N–H and O–H groups in total. The van der Waals surface area contributed by atoms with Crippen LogP contribution in [0.15, 0.2) is 48.5 Å². The minimum absolute atomic E-state index is 0.0110. The first-order valence-corrected chi connectivity index (χ1v) is 9.03. The first kappa shape index (κ1) is 21.0. The lowest BCUT2D eigenvalue weighted by molar-refractivity contribution is -0.128. The van der Waals surface area contributed by atoms with Crippen molar-refractivity contribution in [3.63, 3.8) is 0 Å². The number of carbonyl (C=O) groups excluding carboxylic acids is 2. The smallest absolute Gasteiger partial charge is 0.248 e. The fraction of sp³-hybridized carbons (Fsp3) is 0.273. The van der Waals surface area contributed by atoms with Crippen LogP contribution in [0.25, 0.3) is 6.08 Å². The summed E-state index contributed by atoms with van der Waals surface area (Å²) in [5.74, 6) is 1.03. The van der Waals surface area contributed by atoms with Crippen LogP contribution in [0.5, 0.6) is 11.5 Å². The van der Waals surface area contributed by atoms with Gasteiger partial charge < -0.3 is 19.7 Å². The number of rotatable bonds is 8. The van der Waals surface area contributed by atoms with Gasteiger partial charge in [-0.3, -0.25) is 9.59 Å². The predicted octanol–water partition coefficient (Wildman–Crippen LogP) is 3.72. The van der Waals surface area contributed by atoms with Gasteiger partial charge in [0.15, 0.2) is 11.5 Å². The van der Waals surface area contributed by atoms with Crippen LogP contribution in [-0.2, 0) is 16.1 Å². The van der Waals surface area contributed by atoms with E-state index in [0.29, 0.717) is 30.3 Å². The number of nitrogens with one attached hydrogen (secondary N) is 1. The summed E-state index contributed by atoms with van der Waals surface area (Å²) in [6, 6.07) is 12.9. The first-order chi connectivity index (χ1) is 13.4. The fourth-order valence-corrected chi connectivity index (χ4v) is 2.55. The molecular weight excluding hydrogens is 356 g/mol. The molecule has 0 saturated carbocycles. The van der Waals surface area contributed by atoms with E-state index in [2.05, 4.69) is 5.32 Å². The highest BCUT2D eigenvalue weighted by molar-refractivity contribution is 6.02. The lowest BCUT2D eigenvalue weighted by Crippen LogP contribution is -2.23. The molecular formula is C22H26N2O4. The van der Waals surface area contributed by atoms with E-state index in [4.69, 9.17) is 9.47 Å². The first-order valence-electron chi connectivity index (χ1n) is 9.03. The largest absolute Gasteiger partial charge is 0.493 e. The van der Waals surface area contributed by atoms with Crippen molar-refractivity contribution in [2.75, 3.05) is 26.1 Å². The van der Waals surface area contributed by atoms with Crippen LogP contribution in [0.3, 0.4) is 0 Å². The maximum absolute atomic E-state index is 12.2. The van der Waals surface area contributed by atoms with E-state index in [1.807, 2.05) is 49.4 Å². The number of hydrogen-bond donors (Lipinski definition) is 1. The molecule has 0 radical (unpaired) electrons. The van der Waals surface area contributed by atoms with Crippen molar-refractivity contribution in [3.05, 3.63) is 59.7 Å². The predicted molar refractivity (Wildman–Crippen MR) is 110 cm³/mol. The Balaban J connectivity index is 2.03. The molecule has 0 bridgehead atoms. The Labute approximate surface area is 165 Å². The Bertz CT molecular complexity index is 861. The number of benzene rings is 2. The van der Waals surface area contributed by atoms with E-state index in [9.17, 15) is 9.59 Å². The van der Waals surface area contributed by atoms with Crippen molar-refractivity contribution in [1.82, 2.24) is 4.90 Å². The molecule has 6 heteroatoms. The van der Waals surface area contributed by atoms with Crippen LogP contribution < -0.4 is 14.8 Å². The van der Waals surface area contributed by atoms with Crippen molar-refractivity contribution >= 4 is 23.6 Å². The number of ether oxygens (including phenoxy) is 2. The van der Waals surface area contributed by atoms with Gasteiger partial charge in [-0.05, 0) is 48.4 Å². The number of methoxy groups -OCH3 is 1. The Hall–Kier alpha value is -3.28. The zero-order valence-corrected chi connectivity index (χ0v) is 16.7. The Morgan fingerprint density at radius 1 is 1.14 bits per heavy atom. The molecule has 2 rings (SSSR count). The quantitative estimate of drug-likeness (QED) is 0.707. The van der Waals surface area contributed by atoms with E-state index in [0.717, 1.165) is 11.1 Å². The van der Waals surface area contributed by atoms with Crippen LogP contribution >= 0.6 is 0 Å². The van der Waals surface area contributed by atoms with Gasteiger partial charge >= 0.3 is 0 Å². The van der Waals surface area contributed by atoms with Crippen molar-refractivity contribution in [2.45, 2.75) is 20.4 Å². The van der Waals surface area contributed by atoms with E-state index in [1.165, 1.54) is 13.0 Å². The van der Waals surface area contributed by atoms with Gasteiger partial charge in [-0.25, -0.2) is 0 Å². The Morgan fingerprint density at radius 2 is 1.93 bits per heavy atom. The van der Waals surface area contributed by atoms with Crippen LogP contribution in [0.1, 0.15) is 25.0 Å². The average molecular weight is 382 g/mol. The van der Waals surface area contributed by atoms with Crippen LogP contribution in [0.4, 0.5) is 5.69 Å². The molecule has 2 aromatic rings. The summed E-state index contributed by atoms with van der Waals surface area (Å²) in [6.45, 7) is 4.47. The fourth-order valence-electron chi connectivity index (χ4n) is 2.55. The third-order valence-electron chi connectivity index (χ3n) is 4.07. The van der Waals surface area contributed by atoms with Crippen LogP contribution in [-0.4, -0.2) is 37.5 Å². The number of nitrogens with zero attached hydrogens (tertiary/aromatic N) is 1. The normalized spacial score (nSPS) is 10.6. The van der Waals surface area contributed by atoms with Crippen molar-refractivity contribution in [1.29, 1.82) is 0 Å². The van der Waals surface area contributed by atoms with Crippen molar-refractivity contribution in [3.8, 4) is 11.5 Å². The second-order valence-electron chi connectivity index (χ2n) is 6.24. The van der Waals surface area contributed by atoms with E-state index >= 15 is 0 Å². The summed E-state index contributed by atoms with van der Waals surface area (Å²) in [4.78, 5) is 25.2. The van der Waals surface area contributed by atoms with Gasteiger partial charge in [0.2, 0.25) is 11.8 Å². The summed E-state index contributed by atoms with van der Waals surface area (Å²) in [7, 11) is 3.32. The maximum atomic E-state index is 12.2. The molecule has 0 aliphatic rings. The number of carbonyl (C=O) groups is 2. The van der Waals surface area contributed by atoms with E-state index in [-0.39, 0.29) is 11.8 Å². The topological polar surface area (TPSA) is 67.9 Å². The molecule has 2 amide bonds. The Morgan fingerprint density at radius 3 is 2.61 bits per heavy atom. The zero-order valence-electron chi connectivity index (χ0n) is 16.7. The number of anilines is 1. The average Bonchev–Trinajstić information content (AvgIpc) is 2.67. The zero-order chi connectivity index (χ0) is 20.5. The van der Waals surface area contributed by atoms with E-state index < -0.39 is 0 Å². The van der Waals surface area contributed by atoms with Gasteiger partial charge in [-0.1, -0.05) is 18.2 Å². The molecule has 0 heterocycles. The van der Waals surface area contributed by atoms with E-state index in [1.54, 1.807) is 25.1 Å². The van der Waals surface area contributed by atoms with Gasteiger partial charge in [0.05, 0.1) is 13.7 Å². The molecule has 0 atom stereocenters. The highest BCUT2D eigenvalue weighted by Gasteiger charge is 2.06. The minimum atomic E-state index is -0.245. The summed E-state index contributed by atoms with van der Waals surface area (Å²) in [5, 5.41) is 2.83. The number of amides is 2. The molecule has 0 saturated heterocycles. The lowest BCUT2D eigenvalue weighted by Gasteiger charge is -2.15. The summed E-state index contributed by atoms with van der Waals surface area (Å²) in [5.41, 5.74) is 2.44. The molecule has 0 spiro atoms. The maximum Gasteiger partial charge on any atom is 0.248 e. The molecule has 0 aliphatic heterocycles. The molecule has 0 unspecified atom stereocenters. The minimum Gasteiger partial charge on any atom is -0.493 e. The highest BCUT2D eigenvalue weighted by Crippen LogP contribution is 2.28. The van der Waals surface area contributed by atoms with Gasteiger partial charge in [-0.15, -0.1) is 0 Å². The second kappa shape index (κ2) is 10.2. The molecule has 6 nitrogen and oxygen atoms in total. The molecule has 0 aromatic heterocycles. The van der Waals surface area contributed by atoms with Crippen LogP contribution in [0.2, 0.25) is 0 Å². The molecule has 148 valence electrons. The third kappa shape index (κ3) is 6.16. The van der Waals surface area contributed by atoms with Gasteiger partial charge in [0.1, 0.15) is 0 Å². The molecule has 2 aromatic carbocycles. The lowest BCUT2D eigenvalue weighted by atomic mass is 10.1. The summed E-state index contributed by atoms with van der Waals surface area (Å²) in [6.07, 6.45) is 3.17. The summed E-state index contributed by atoms with van der Waals surface area (Å²) >= 11 is 0. The van der Waals surface area contributed by atoms with Crippen molar-refractivity contribution < 1.29 is 19.1 Å². The van der Waals surface area contributed by atoms with Gasteiger partial charge in [0.25, 0.3) is 0 Å². The Kier molecular flexibility index (Phi) is 7.63. The monoisotopic (exact) mass is 382 g/mol. The molecule has 0 aliphatic carbocycles. The van der Waals surface area contributed by atoms with Gasteiger partial charge in [0, 0.05) is 32.3 Å². The standard InChI is InChI=1S/C22H26N2O4/c1-5-28-20-11-9-17(14-21(20)27-4)10-12-22(26)23-19-8-6-7-18(13-19)15-24(3)16(2)25/h6-14H,5,15H2,1-4H3,(H,23,26)/b12-10+. The second-order valence-corrected chi connectivity index (χ2v) is 6.24. The molecule has 28 heavy (non-hydrogen) atoms. The number of hydrogen-bond acceptors (Lipinski definition) is 4. The third-order valence-corrected chi connectivity index (χ3v) is 4.07. The molecule has 0 fully saturated rings. The SMILES string of the molecule is CCOc1ccc(/C=C/C(=O)Nc2cccc(CN(C)C(C)=O)c2)cc1OC.